The second-order valence-corrected chi connectivity index (χ2v) is 4.82. The van der Waals surface area contributed by atoms with Gasteiger partial charge in [0.05, 0.1) is 6.61 Å². The number of carbonyl (C=O) groups excluding carboxylic acids is 2. The van der Waals surface area contributed by atoms with Crippen LogP contribution in [0.3, 0.4) is 0 Å². The van der Waals surface area contributed by atoms with Crippen molar-refractivity contribution in [3.05, 3.63) is 35.9 Å². The van der Waals surface area contributed by atoms with Gasteiger partial charge in [0.25, 0.3) is 0 Å². The summed E-state index contributed by atoms with van der Waals surface area (Å²) >= 11 is 0. The molecule has 0 fully saturated rings. The molecule has 0 aliphatic heterocycles. The first-order chi connectivity index (χ1) is 8.98. The Labute approximate surface area is 113 Å². The third kappa shape index (κ3) is 4.39. The van der Waals surface area contributed by atoms with Crippen LogP contribution in [0.15, 0.2) is 30.3 Å². The number of hydrogen-bond acceptors (Lipinski definition) is 4. The maximum atomic E-state index is 11.9. The summed E-state index contributed by atoms with van der Waals surface area (Å²) in [5.74, 6) is -1.12. The van der Waals surface area contributed by atoms with Crippen molar-refractivity contribution in [3.63, 3.8) is 0 Å². The average molecular weight is 264 g/mol. The maximum absolute atomic E-state index is 11.9. The second kappa shape index (κ2) is 6.92. The molecule has 4 nitrogen and oxygen atoms in total. The third-order valence-corrected chi connectivity index (χ3v) is 2.67. The van der Waals surface area contributed by atoms with Gasteiger partial charge < -0.3 is 9.47 Å². The Morgan fingerprint density at radius 1 is 1.05 bits per heavy atom. The standard InChI is InChI=1S/C15H20O4/c1-4-10-18-13(16)15(2,3)14(17)19-11-12-8-6-5-7-9-12/h5-9H,4,10-11H2,1-3H3. The predicted octanol–water partition coefficient (Wildman–Crippen LogP) is 2.71. The zero-order valence-corrected chi connectivity index (χ0v) is 11.6. The van der Waals surface area contributed by atoms with Crippen molar-refractivity contribution in [1.82, 2.24) is 0 Å². The molecule has 0 spiro atoms. The fourth-order valence-electron chi connectivity index (χ4n) is 1.36. The van der Waals surface area contributed by atoms with Crippen molar-refractivity contribution in [2.75, 3.05) is 6.61 Å². The van der Waals surface area contributed by atoms with Crippen molar-refractivity contribution in [3.8, 4) is 0 Å². The third-order valence-electron chi connectivity index (χ3n) is 2.67. The van der Waals surface area contributed by atoms with Gasteiger partial charge in [0, 0.05) is 0 Å². The van der Waals surface area contributed by atoms with Gasteiger partial charge in [-0.1, -0.05) is 37.3 Å². The van der Waals surface area contributed by atoms with Crippen LogP contribution < -0.4 is 0 Å². The van der Waals surface area contributed by atoms with Gasteiger partial charge in [-0.25, -0.2) is 0 Å². The van der Waals surface area contributed by atoms with E-state index in [9.17, 15) is 9.59 Å². The van der Waals surface area contributed by atoms with Crippen LogP contribution in [-0.4, -0.2) is 18.5 Å². The van der Waals surface area contributed by atoms with Crippen molar-refractivity contribution in [2.45, 2.75) is 33.8 Å². The smallest absolute Gasteiger partial charge is 0.323 e. The van der Waals surface area contributed by atoms with Crippen molar-refractivity contribution in [2.24, 2.45) is 5.41 Å². The van der Waals surface area contributed by atoms with E-state index in [-0.39, 0.29) is 6.61 Å². The highest BCUT2D eigenvalue weighted by molar-refractivity contribution is 5.99. The van der Waals surface area contributed by atoms with Gasteiger partial charge in [0.15, 0.2) is 5.41 Å². The molecule has 0 atom stereocenters. The van der Waals surface area contributed by atoms with Crippen LogP contribution >= 0.6 is 0 Å². The number of carbonyl (C=O) groups is 2. The van der Waals surface area contributed by atoms with Gasteiger partial charge in [-0.3, -0.25) is 9.59 Å². The molecule has 19 heavy (non-hydrogen) atoms. The quantitative estimate of drug-likeness (QED) is 0.585. The summed E-state index contributed by atoms with van der Waals surface area (Å²) < 4.78 is 10.1. The summed E-state index contributed by atoms with van der Waals surface area (Å²) in [6, 6.07) is 9.33. The fraction of sp³-hybridized carbons (Fsp3) is 0.467. The molecule has 0 saturated carbocycles. The Bertz CT molecular complexity index is 423. The van der Waals surface area contributed by atoms with E-state index in [1.165, 1.54) is 13.8 Å². The molecule has 1 aromatic carbocycles. The van der Waals surface area contributed by atoms with E-state index in [1.807, 2.05) is 37.3 Å². The van der Waals surface area contributed by atoms with E-state index in [0.29, 0.717) is 6.61 Å². The molecular weight excluding hydrogens is 244 g/mol. The summed E-state index contributed by atoms with van der Waals surface area (Å²) in [6.07, 6.45) is 0.723. The number of ether oxygens (including phenoxy) is 2. The molecular formula is C15H20O4. The Morgan fingerprint density at radius 3 is 2.21 bits per heavy atom. The van der Waals surface area contributed by atoms with Crippen LogP contribution in [0.1, 0.15) is 32.8 Å². The molecule has 0 saturated heterocycles. The largest absolute Gasteiger partial charge is 0.465 e. The molecule has 1 aromatic rings. The van der Waals surface area contributed by atoms with Crippen LogP contribution in [0.25, 0.3) is 0 Å². The van der Waals surface area contributed by atoms with Crippen LogP contribution in [0.2, 0.25) is 0 Å². The molecule has 0 heterocycles. The van der Waals surface area contributed by atoms with Crippen molar-refractivity contribution in [1.29, 1.82) is 0 Å². The minimum absolute atomic E-state index is 0.157. The zero-order chi connectivity index (χ0) is 14.3. The summed E-state index contributed by atoms with van der Waals surface area (Å²) in [5.41, 5.74) is -0.391. The summed E-state index contributed by atoms with van der Waals surface area (Å²) in [4.78, 5) is 23.7. The monoisotopic (exact) mass is 264 g/mol. The number of hydrogen-bond donors (Lipinski definition) is 0. The van der Waals surface area contributed by atoms with Crippen LogP contribution in [0.4, 0.5) is 0 Å². The molecule has 0 aromatic heterocycles. The number of esters is 2. The minimum atomic E-state index is -1.27. The number of benzene rings is 1. The van der Waals surface area contributed by atoms with Gasteiger partial charge in [-0.2, -0.15) is 0 Å². The van der Waals surface area contributed by atoms with Gasteiger partial charge in [0.2, 0.25) is 0 Å². The van der Waals surface area contributed by atoms with Crippen LogP contribution in [0, 0.1) is 5.41 Å². The van der Waals surface area contributed by atoms with Gasteiger partial charge in [-0.15, -0.1) is 0 Å². The van der Waals surface area contributed by atoms with Gasteiger partial charge in [0.1, 0.15) is 6.61 Å². The lowest BCUT2D eigenvalue weighted by Gasteiger charge is -2.20. The van der Waals surface area contributed by atoms with E-state index < -0.39 is 17.4 Å². The molecule has 0 aliphatic rings. The van der Waals surface area contributed by atoms with Crippen molar-refractivity contribution < 1.29 is 19.1 Å². The highest BCUT2D eigenvalue weighted by Gasteiger charge is 2.39. The predicted molar refractivity (Wildman–Crippen MR) is 71.3 cm³/mol. The molecule has 0 aliphatic carbocycles. The van der Waals surface area contributed by atoms with Gasteiger partial charge >= 0.3 is 11.9 Å². The molecule has 0 bridgehead atoms. The lowest BCUT2D eigenvalue weighted by molar-refractivity contribution is -0.170. The fourth-order valence-corrected chi connectivity index (χ4v) is 1.36. The molecule has 0 amide bonds. The Morgan fingerprint density at radius 2 is 1.63 bits per heavy atom. The topological polar surface area (TPSA) is 52.6 Å². The van der Waals surface area contributed by atoms with Crippen molar-refractivity contribution >= 4 is 11.9 Å². The Hall–Kier alpha value is -1.84. The van der Waals surface area contributed by atoms with Gasteiger partial charge in [-0.05, 0) is 25.8 Å². The SMILES string of the molecule is CCCOC(=O)C(C)(C)C(=O)OCc1ccccc1. The number of rotatable bonds is 6. The highest BCUT2D eigenvalue weighted by Crippen LogP contribution is 2.20. The lowest BCUT2D eigenvalue weighted by atomic mass is 9.94. The molecule has 4 heteroatoms. The highest BCUT2D eigenvalue weighted by atomic mass is 16.6. The normalized spacial score (nSPS) is 10.9. The first-order valence-electron chi connectivity index (χ1n) is 6.37. The molecule has 0 radical (unpaired) electrons. The Kier molecular flexibility index (Phi) is 5.55. The minimum Gasteiger partial charge on any atom is -0.465 e. The Balaban J connectivity index is 2.54. The lowest BCUT2D eigenvalue weighted by Crippen LogP contribution is -2.36. The molecule has 104 valence electrons. The zero-order valence-electron chi connectivity index (χ0n) is 11.6. The molecule has 0 unspecified atom stereocenters. The summed E-state index contributed by atoms with van der Waals surface area (Å²) in [5, 5.41) is 0. The van der Waals surface area contributed by atoms with E-state index in [2.05, 4.69) is 0 Å². The summed E-state index contributed by atoms with van der Waals surface area (Å²) in [7, 11) is 0. The van der Waals surface area contributed by atoms with Crippen LogP contribution in [-0.2, 0) is 25.7 Å². The second-order valence-electron chi connectivity index (χ2n) is 4.82. The van der Waals surface area contributed by atoms with E-state index in [0.717, 1.165) is 12.0 Å². The average Bonchev–Trinajstić information content (AvgIpc) is 2.42. The van der Waals surface area contributed by atoms with E-state index in [4.69, 9.17) is 9.47 Å². The van der Waals surface area contributed by atoms with E-state index in [1.54, 1.807) is 0 Å². The van der Waals surface area contributed by atoms with E-state index >= 15 is 0 Å². The molecule has 0 N–H and O–H groups in total. The maximum Gasteiger partial charge on any atom is 0.323 e. The molecule has 1 rings (SSSR count). The first-order valence-corrected chi connectivity index (χ1v) is 6.37. The summed E-state index contributed by atoms with van der Waals surface area (Å²) in [6.45, 7) is 5.39. The van der Waals surface area contributed by atoms with Crippen LogP contribution in [0.5, 0.6) is 0 Å². The first kappa shape index (κ1) is 15.2.